The zero-order valence-electron chi connectivity index (χ0n) is 10.3. The number of anilines is 1. The normalized spacial score (nSPS) is 13.1. The summed E-state index contributed by atoms with van der Waals surface area (Å²) >= 11 is 3.14. The van der Waals surface area contributed by atoms with Gasteiger partial charge in [0.15, 0.2) is 0 Å². The van der Waals surface area contributed by atoms with E-state index in [0.717, 1.165) is 0 Å². The molecule has 2 aromatic rings. The van der Waals surface area contributed by atoms with E-state index >= 15 is 0 Å². The molecular formula is C12H15BrFN3O. The molecule has 4 nitrogen and oxygen atoms in total. The van der Waals surface area contributed by atoms with E-state index in [1.165, 1.54) is 6.07 Å². The van der Waals surface area contributed by atoms with Crippen LogP contribution < -0.4 is 5.73 Å². The van der Waals surface area contributed by atoms with Gasteiger partial charge in [0.2, 0.25) is 5.95 Å². The SMILES string of the molecule is CCOC(C)Cn1c(N)nc2cc(Br)c(F)cc21. The average molecular weight is 316 g/mol. The van der Waals surface area contributed by atoms with Gasteiger partial charge in [-0.2, -0.15) is 0 Å². The van der Waals surface area contributed by atoms with E-state index in [0.29, 0.717) is 34.6 Å². The van der Waals surface area contributed by atoms with Gasteiger partial charge in [-0.1, -0.05) is 0 Å². The molecule has 98 valence electrons. The van der Waals surface area contributed by atoms with Gasteiger partial charge in [0, 0.05) is 12.7 Å². The van der Waals surface area contributed by atoms with Crippen molar-refractivity contribution in [1.29, 1.82) is 0 Å². The third-order valence-electron chi connectivity index (χ3n) is 2.71. The van der Waals surface area contributed by atoms with E-state index in [-0.39, 0.29) is 11.9 Å². The second-order valence-corrected chi connectivity index (χ2v) is 4.96. The summed E-state index contributed by atoms with van der Waals surface area (Å²) in [7, 11) is 0. The molecule has 1 aromatic carbocycles. The molecule has 0 radical (unpaired) electrons. The second kappa shape index (κ2) is 5.24. The Balaban J connectivity index is 2.43. The Morgan fingerprint density at radius 2 is 2.28 bits per heavy atom. The van der Waals surface area contributed by atoms with Crippen molar-refractivity contribution in [3.8, 4) is 0 Å². The Hall–Kier alpha value is -1.14. The van der Waals surface area contributed by atoms with Crippen LogP contribution in [0.4, 0.5) is 10.3 Å². The summed E-state index contributed by atoms with van der Waals surface area (Å²) in [6, 6.07) is 3.06. The fourth-order valence-electron chi connectivity index (χ4n) is 1.92. The highest BCUT2D eigenvalue weighted by atomic mass is 79.9. The molecule has 0 amide bonds. The lowest BCUT2D eigenvalue weighted by molar-refractivity contribution is 0.0652. The van der Waals surface area contributed by atoms with E-state index in [1.807, 2.05) is 13.8 Å². The summed E-state index contributed by atoms with van der Waals surface area (Å²) in [6.07, 6.45) is 0.00130. The average Bonchev–Trinajstić information content (AvgIpc) is 2.57. The molecule has 0 saturated carbocycles. The second-order valence-electron chi connectivity index (χ2n) is 4.10. The van der Waals surface area contributed by atoms with Gasteiger partial charge in [-0.15, -0.1) is 0 Å². The minimum absolute atomic E-state index is 0.00130. The third-order valence-corrected chi connectivity index (χ3v) is 3.32. The van der Waals surface area contributed by atoms with Gasteiger partial charge in [-0.3, -0.25) is 0 Å². The summed E-state index contributed by atoms with van der Waals surface area (Å²) in [6.45, 7) is 5.07. The van der Waals surface area contributed by atoms with E-state index in [1.54, 1.807) is 10.6 Å². The Labute approximate surface area is 113 Å². The Bertz CT molecular complexity index is 570. The van der Waals surface area contributed by atoms with Gasteiger partial charge in [0.05, 0.1) is 28.2 Å². The standard InChI is InChI=1S/C12H15BrFN3O/c1-3-18-7(2)6-17-11-5-9(14)8(13)4-10(11)16-12(17)15/h4-5,7H,3,6H2,1-2H3,(H2,15,16). The molecule has 1 atom stereocenters. The van der Waals surface area contributed by atoms with Crippen LogP contribution in [-0.4, -0.2) is 22.3 Å². The molecule has 6 heteroatoms. The lowest BCUT2D eigenvalue weighted by atomic mass is 10.3. The highest BCUT2D eigenvalue weighted by Gasteiger charge is 2.13. The lowest BCUT2D eigenvalue weighted by Crippen LogP contribution is -2.17. The van der Waals surface area contributed by atoms with Crippen LogP contribution in [0.5, 0.6) is 0 Å². The van der Waals surface area contributed by atoms with Gasteiger partial charge >= 0.3 is 0 Å². The van der Waals surface area contributed by atoms with E-state index < -0.39 is 0 Å². The number of imidazole rings is 1. The highest BCUT2D eigenvalue weighted by Crippen LogP contribution is 2.25. The predicted molar refractivity (Wildman–Crippen MR) is 72.9 cm³/mol. The van der Waals surface area contributed by atoms with Crippen molar-refractivity contribution in [3.63, 3.8) is 0 Å². The van der Waals surface area contributed by atoms with Crippen LogP contribution in [0.2, 0.25) is 0 Å². The number of ether oxygens (including phenoxy) is 1. The first-order chi connectivity index (χ1) is 8.52. The minimum Gasteiger partial charge on any atom is -0.377 e. The molecule has 0 bridgehead atoms. The lowest BCUT2D eigenvalue weighted by Gasteiger charge is -2.14. The summed E-state index contributed by atoms with van der Waals surface area (Å²) < 4.78 is 21.2. The van der Waals surface area contributed by atoms with Gasteiger partial charge in [-0.25, -0.2) is 9.37 Å². The maximum absolute atomic E-state index is 13.6. The van der Waals surface area contributed by atoms with Crippen molar-refractivity contribution in [2.45, 2.75) is 26.5 Å². The third kappa shape index (κ3) is 2.49. The number of hydrogen-bond acceptors (Lipinski definition) is 3. The van der Waals surface area contributed by atoms with Crippen LogP contribution in [0.25, 0.3) is 11.0 Å². The van der Waals surface area contributed by atoms with Gasteiger partial charge in [-0.05, 0) is 35.8 Å². The molecule has 1 unspecified atom stereocenters. The highest BCUT2D eigenvalue weighted by molar-refractivity contribution is 9.10. The summed E-state index contributed by atoms with van der Waals surface area (Å²) in [4.78, 5) is 4.22. The van der Waals surface area contributed by atoms with E-state index in [2.05, 4.69) is 20.9 Å². The number of nitrogens with zero attached hydrogens (tertiary/aromatic N) is 2. The first kappa shape index (κ1) is 13.3. The molecule has 0 aliphatic carbocycles. The molecule has 1 aromatic heterocycles. The quantitative estimate of drug-likeness (QED) is 0.943. The van der Waals surface area contributed by atoms with Crippen LogP contribution in [0.15, 0.2) is 16.6 Å². The number of fused-ring (bicyclic) bond motifs is 1. The van der Waals surface area contributed by atoms with Crippen molar-refractivity contribution in [2.75, 3.05) is 12.3 Å². The van der Waals surface area contributed by atoms with Crippen molar-refractivity contribution in [3.05, 3.63) is 22.4 Å². The topological polar surface area (TPSA) is 53.1 Å². The molecular weight excluding hydrogens is 301 g/mol. The van der Waals surface area contributed by atoms with Gasteiger partial charge in [0.25, 0.3) is 0 Å². The Morgan fingerprint density at radius 1 is 1.56 bits per heavy atom. The van der Waals surface area contributed by atoms with Crippen LogP contribution in [-0.2, 0) is 11.3 Å². The molecule has 18 heavy (non-hydrogen) atoms. The molecule has 0 aliphatic heterocycles. The largest absolute Gasteiger partial charge is 0.377 e. The monoisotopic (exact) mass is 315 g/mol. The van der Waals surface area contributed by atoms with Gasteiger partial charge in [0.1, 0.15) is 5.82 Å². The molecule has 0 aliphatic rings. The van der Waals surface area contributed by atoms with E-state index in [9.17, 15) is 4.39 Å². The fourth-order valence-corrected chi connectivity index (χ4v) is 2.26. The maximum atomic E-state index is 13.6. The Kier molecular flexibility index (Phi) is 3.87. The number of nitrogens with two attached hydrogens (primary N) is 1. The molecule has 2 rings (SSSR count). The van der Waals surface area contributed by atoms with Gasteiger partial charge < -0.3 is 15.0 Å². The minimum atomic E-state index is -0.326. The number of rotatable bonds is 4. The zero-order chi connectivity index (χ0) is 13.3. The maximum Gasteiger partial charge on any atom is 0.201 e. The van der Waals surface area contributed by atoms with Crippen LogP contribution >= 0.6 is 15.9 Å². The van der Waals surface area contributed by atoms with Crippen molar-refractivity contribution < 1.29 is 9.13 Å². The number of nitrogen functional groups attached to an aromatic ring is 1. The first-order valence-corrected chi connectivity index (χ1v) is 6.54. The summed E-state index contributed by atoms with van der Waals surface area (Å²) in [5, 5.41) is 0. The zero-order valence-corrected chi connectivity index (χ0v) is 11.9. The van der Waals surface area contributed by atoms with Crippen LogP contribution in [0.1, 0.15) is 13.8 Å². The number of halogens is 2. The van der Waals surface area contributed by atoms with Crippen LogP contribution in [0, 0.1) is 5.82 Å². The van der Waals surface area contributed by atoms with Crippen molar-refractivity contribution in [1.82, 2.24) is 9.55 Å². The first-order valence-electron chi connectivity index (χ1n) is 5.75. The summed E-state index contributed by atoms with van der Waals surface area (Å²) in [5.74, 6) is 0.0433. The Morgan fingerprint density at radius 3 is 2.94 bits per heavy atom. The summed E-state index contributed by atoms with van der Waals surface area (Å²) in [5.41, 5.74) is 7.21. The molecule has 2 N–H and O–H groups in total. The van der Waals surface area contributed by atoms with E-state index in [4.69, 9.17) is 10.5 Å². The molecule has 1 heterocycles. The number of hydrogen-bond donors (Lipinski definition) is 1. The van der Waals surface area contributed by atoms with Crippen molar-refractivity contribution in [2.24, 2.45) is 0 Å². The van der Waals surface area contributed by atoms with Crippen LogP contribution in [0.3, 0.4) is 0 Å². The predicted octanol–water partition coefficient (Wildman–Crippen LogP) is 2.95. The number of benzene rings is 1. The number of aromatic nitrogens is 2. The smallest absolute Gasteiger partial charge is 0.201 e. The molecule has 0 spiro atoms. The molecule has 0 fully saturated rings. The van der Waals surface area contributed by atoms with Crippen molar-refractivity contribution >= 4 is 32.9 Å². The fraction of sp³-hybridized carbons (Fsp3) is 0.417. The molecule has 0 saturated heterocycles.